The Bertz CT molecular complexity index is 373. The second-order valence-electron chi connectivity index (χ2n) is 5.58. The van der Waals surface area contributed by atoms with E-state index in [1.54, 1.807) is 0 Å². The summed E-state index contributed by atoms with van der Waals surface area (Å²) in [6.07, 6.45) is 7.02. The summed E-state index contributed by atoms with van der Waals surface area (Å²) >= 11 is 0. The van der Waals surface area contributed by atoms with Gasteiger partial charge in [-0.3, -0.25) is 0 Å². The maximum atomic E-state index is 4.54. The lowest BCUT2D eigenvalue weighted by atomic mass is 9.78. The molecule has 1 aliphatic heterocycles. The van der Waals surface area contributed by atoms with Crippen LogP contribution in [0, 0.1) is 12.3 Å². The minimum atomic E-state index is 0.445. The summed E-state index contributed by atoms with van der Waals surface area (Å²) in [7, 11) is 0. The highest BCUT2D eigenvalue weighted by atomic mass is 15.3. The monoisotopic (exact) mass is 233 g/mol. The third-order valence-electron chi connectivity index (χ3n) is 3.70. The fourth-order valence-electron chi connectivity index (χ4n) is 2.88. The van der Waals surface area contributed by atoms with Crippen LogP contribution in [0.1, 0.15) is 45.2 Å². The summed E-state index contributed by atoms with van der Waals surface area (Å²) in [6, 6.07) is 1.96. The molecule has 2 rings (SSSR count). The average molecular weight is 233 g/mol. The summed E-state index contributed by atoms with van der Waals surface area (Å²) in [5, 5.41) is 0. The summed E-state index contributed by atoms with van der Waals surface area (Å²) in [6.45, 7) is 8.90. The Morgan fingerprint density at radius 1 is 1.47 bits per heavy atom. The fourth-order valence-corrected chi connectivity index (χ4v) is 2.88. The summed E-state index contributed by atoms with van der Waals surface area (Å²) < 4.78 is 0. The first-order valence-electron chi connectivity index (χ1n) is 6.67. The second kappa shape index (κ2) is 5.03. The van der Waals surface area contributed by atoms with Gasteiger partial charge in [0.15, 0.2) is 0 Å². The predicted octanol–water partition coefficient (Wildman–Crippen LogP) is 3.19. The van der Waals surface area contributed by atoms with Crippen LogP contribution in [0.15, 0.2) is 12.3 Å². The Kier molecular flexibility index (Phi) is 3.65. The largest absolute Gasteiger partial charge is 0.340 e. The van der Waals surface area contributed by atoms with Crippen molar-refractivity contribution in [1.29, 1.82) is 0 Å². The van der Waals surface area contributed by atoms with E-state index in [0.717, 1.165) is 24.7 Å². The van der Waals surface area contributed by atoms with Gasteiger partial charge in [0.25, 0.3) is 0 Å². The van der Waals surface area contributed by atoms with Gasteiger partial charge in [-0.15, -0.1) is 0 Å². The topological polar surface area (TPSA) is 29.0 Å². The van der Waals surface area contributed by atoms with Crippen LogP contribution in [0.2, 0.25) is 0 Å². The van der Waals surface area contributed by atoms with Crippen LogP contribution in [0.4, 0.5) is 5.95 Å². The molecule has 1 atom stereocenters. The lowest BCUT2D eigenvalue weighted by molar-refractivity contribution is 0.237. The molecule has 0 N–H and O–H groups in total. The van der Waals surface area contributed by atoms with Gasteiger partial charge in [0, 0.05) is 25.0 Å². The number of anilines is 1. The maximum absolute atomic E-state index is 4.54. The number of aryl methyl sites for hydroxylation is 1. The van der Waals surface area contributed by atoms with Crippen molar-refractivity contribution in [2.24, 2.45) is 5.41 Å². The summed E-state index contributed by atoms with van der Waals surface area (Å²) in [4.78, 5) is 11.3. The lowest BCUT2D eigenvalue weighted by Gasteiger charge is -2.40. The number of hydrogen-bond donors (Lipinski definition) is 0. The van der Waals surface area contributed by atoms with Crippen LogP contribution in [-0.2, 0) is 0 Å². The highest BCUT2D eigenvalue weighted by Gasteiger charge is 2.31. The van der Waals surface area contributed by atoms with Crippen molar-refractivity contribution in [3.8, 4) is 0 Å². The molecule has 0 bridgehead atoms. The Morgan fingerprint density at radius 3 is 3.00 bits per heavy atom. The number of rotatable bonds is 3. The maximum Gasteiger partial charge on any atom is 0.225 e. The zero-order chi connectivity index (χ0) is 12.3. The third kappa shape index (κ3) is 2.96. The predicted molar refractivity (Wildman–Crippen MR) is 71.2 cm³/mol. The first-order valence-corrected chi connectivity index (χ1v) is 6.67. The van der Waals surface area contributed by atoms with Crippen molar-refractivity contribution < 1.29 is 0 Å². The van der Waals surface area contributed by atoms with E-state index in [1.807, 2.05) is 19.2 Å². The number of aromatic nitrogens is 2. The Morgan fingerprint density at radius 2 is 2.29 bits per heavy atom. The Hall–Kier alpha value is -1.12. The molecule has 1 unspecified atom stereocenters. The molecule has 1 aromatic rings. The molecule has 0 radical (unpaired) electrons. The van der Waals surface area contributed by atoms with Crippen molar-refractivity contribution in [3.63, 3.8) is 0 Å². The summed E-state index contributed by atoms with van der Waals surface area (Å²) in [5.41, 5.74) is 1.50. The fraction of sp³-hybridized carbons (Fsp3) is 0.714. The van der Waals surface area contributed by atoms with E-state index in [9.17, 15) is 0 Å². The first-order chi connectivity index (χ1) is 8.13. The molecule has 0 spiro atoms. The van der Waals surface area contributed by atoms with E-state index in [-0.39, 0.29) is 0 Å². The van der Waals surface area contributed by atoms with Crippen molar-refractivity contribution in [2.75, 3.05) is 18.0 Å². The van der Waals surface area contributed by atoms with Crippen molar-refractivity contribution in [3.05, 3.63) is 18.0 Å². The van der Waals surface area contributed by atoms with Crippen LogP contribution in [0.5, 0.6) is 0 Å². The smallest absolute Gasteiger partial charge is 0.225 e. The highest BCUT2D eigenvalue weighted by Crippen LogP contribution is 2.34. The first kappa shape index (κ1) is 12.3. The quantitative estimate of drug-likeness (QED) is 0.803. The number of hydrogen-bond acceptors (Lipinski definition) is 3. The zero-order valence-electron chi connectivity index (χ0n) is 11.2. The molecule has 1 aromatic heterocycles. The molecule has 0 saturated carbocycles. The number of nitrogens with zero attached hydrogens (tertiary/aromatic N) is 3. The van der Waals surface area contributed by atoms with Gasteiger partial charge in [-0.05, 0) is 37.7 Å². The minimum absolute atomic E-state index is 0.445. The molecule has 3 heteroatoms. The second-order valence-corrected chi connectivity index (χ2v) is 5.58. The van der Waals surface area contributed by atoms with Gasteiger partial charge < -0.3 is 4.90 Å². The van der Waals surface area contributed by atoms with E-state index in [4.69, 9.17) is 0 Å². The molecule has 1 saturated heterocycles. The van der Waals surface area contributed by atoms with E-state index >= 15 is 0 Å². The molecule has 0 amide bonds. The molecular formula is C14H23N3. The lowest BCUT2D eigenvalue weighted by Crippen LogP contribution is -2.42. The molecule has 17 heavy (non-hydrogen) atoms. The third-order valence-corrected chi connectivity index (χ3v) is 3.70. The molecule has 94 valence electrons. The van der Waals surface area contributed by atoms with Gasteiger partial charge in [0.2, 0.25) is 5.95 Å². The van der Waals surface area contributed by atoms with E-state index in [1.165, 1.54) is 25.7 Å². The zero-order valence-corrected chi connectivity index (χ0v) is 11.2. The van der Waals surface area contributed by atoms with Gasteiger partial charge in [-0.1, -0.05) is 20.3 Å². The van der Waals surface area contributed by atoms with Crippen molar-refractivity contribution in [1.82, 2.24) is 9.97 Å². The Labute approximate surface area is 104 Å². The number of piperidine rings is 1. The van der Waals surface area contributed by atoms with Crippen LogP contribution >= 0.6 is 0 Å². The molecule has 0 aliphatic carbocycles. The molecule has 1 aliphatic rings. The molecule has 3 nitrogen and oxygen atoms in total. The van der Waals surface area contributed by atoms with Crippen molar-refractivity contribution >= 4 is 5.95 Å². The van der Waals surface area contributed by atoms with E-state index < -0.39 is 0 Å². The van der Waals surface area contributed by atoms with E-state index in [2.05, 4.69) is 28.7 Å². The standard InChI is InChI=1S/C14H23N3/c1-4-7-14(3)8-5-10-17(11-14)13-15-9-6-12(2)16-13/h6,9H,4-5,7-8,10-11H2,1-3H3. The highest BCUT2D eigenvalue weighted by molar-refractivity contribution is 5.31. The van der Waals surface area contributed by atoms with Gasteiger partial charge in [-0.2, -0.15) is 0 Å². The molecular weight excluding hydrogens is 210 g/mol. The van der Waals surface area contributed by atoms with Gasteiger partial charge in [0.05, 0.1) is 0 Å². The van der Waals surface area contributed by atoms with Crippen molar-refractivity contribution in [2.45, 2.75) is 46.5 Å². The van der Waals surface area contributed by atoms with Crippen LogP contribution in [0.25, 0.3) is 0 Å². The van der Waals surface area contributed by atoms with Gasteiger partial charge in [-0.25, -0.2) is 9.97 Å². The Balaban J connectivity index is 2.12. The van der Waals surface area contributed by atoms with E-state index in [0.29, 0.717) is 5.41 Å². The molecule has 1 fully saturated rings. The van der Waals surface area contributed by atoms with Crippen LogP contribution in [-0.4, -0.2) is 23.1 Å². The normalized spacial score (nSPS) is 25.0. The molecule has 0 aromatic carbocycles. The van der Waals surface area contributed by atoms with Gasteiger partial charge in [0.1, 0.15) is 0 Å². The van der Waals surface area contributed by atoms with Crippen LogP contribution in [0.3, 0.4) is 0 Å². The summed E-state index contributed by atoms with van der Waals surface area (Å²) in [5.74, 6) is 0.909. The SMILES string of the molecule is CCCC1(C)CCCN(c2nccc(C)n2)C1. The molecule has 2 heterocycles. The average Bonchev–Trinajstić information content (AvgIpc) is 2.29. The van der Waals surface area contributed by atoms with Crippen LogP contribution < -0.4 is 4.90 Å². The van der Waals surface area contributed by atoms with Gasteiger partial charge >= 0.3 is 0 Å². The minimum Gasteiger partial charge on any atom is -0.340 e.